The number of benzene rings is 2. The molecular formula is C16H15FN2. The number of para-hydroxylation sites is 1. The smallest absolute Gasteiger partial charge is 0.124 e. The Bertz CT molecular complexity index is 654. The molecule has 2 aromatic rings. The van der Waals surface area contributed by atoms with Crippen LogP contribution in [-0.4, -0.2) is 0 Å². The lowest BCUT2D eigenvalue weighted by atomic mass is 9.95. The molecule has 0 saturated carbocycles. The van der Waals surface area contributed by atoms with E-state index < -0.39 is 0 Å². The van der Waals surface area contributed by atoms with Gasteiger partial charge in [-0.25, -0.2) is 4.39 Å². The number of nitrogen functional groups attached to an aromatic ring is 1. The maximum Gasteiger partial charge on any atom is 0.124 e. The van der Waals surface area contributed by atoms with E-state index in [1.165, 1.54) is 12.1 Å². The van der Waals surface area contributed by atoms with Gasteiger partial charge in [-0.2, -0.15) is 5.26 Å². The molecule has 96 valence electrons. The lowest BCUT2D eigenvalue weighted by Gasteiger charge is -2.11. The summed E-state index contributed by atoms with van der Waals surface area (Å²) in [4.78, 5) is 0. The lowest BCUT2D eigenvalue weighted by Crippen LogP contribution is -1.96. The Labute approximate surface area is 112 Å². The minimum atomic E-state index is -0.289. The molecule has 0 amide bonds. The van der Waals surface area contributed by atoms with Crippen molar-refractivity contribution in [3.8, 4) is 17.2 Å². The van der Waals surface area contributed by atoms with Gasteiger partial charge in [0.15, 0.2) is 0 Å². The molecule has 0 saturated heterocycles. The molecule has 0 aliphatic rings. The Balaban J connectivity index is 2.63. The molecule has 3 heteroatoms. The summed E-state index contributed by atoms with van der Waals surface area (Å²) in [6.07, 6.45) is 0. The largest absolute Gasteiger partial charge is 0.397 e. The first-order chi connectivity index (χ1) is 9.02. The predicted octanol–water partition coefficient (Wildman–Crippen LogP) is 4.07. The molecule has 0 heterocycles. The highest BCUT2D eigenvalue weighted by atomic mass is 19.1. The van der Waals surface area contributed by atoms with Crippen LogP contribution >= 0.6 is 0 Å². The van der Waals surface area contributed by atoms with Crippen LogP contribution in [-0.2, 0) is 0 Å². The summed E-state index contributed by atoms with van der Waals surface area (Å²) >= 11 is 0. The van der Waals surface area contributed by atoms with Crippen LogP contribution < -0.4 is 5.73 Å². The Morgan fingerprint density at radius 1 is 1.21 bits per heavy atom. The maximum absolute atomic E-state index is 13.7. The zero-order valence-corrected chi connectivity index (χ0v) is 10.9. The molecule has 2 nitrogen and oxygen atoms in total. The van der Waals surface area contributed by atoms with Crippen molar-refractivity contribution in [3.63, 3.8) is 0 Å². The van der Waals surface area contributed by atoms with Gasteiger partial charge in [-0.3, -0.25) is 0 Å². The van der Waals surface area contributed by atoms with Gasteiger partial charge >= 0.3 is 0 Å². The third-order valence-corrected chi connectivity index (χ3v) is 3.12. The van der Waals surface area contributed by atoms with E-state index in [0.29, 0.717) is 22.4 Å². The normalized spacial score (nSPS) is 10.5. The van der Waals surface area contributed by atoms with Crippen LogP contribution in [0.1, 0.15) is 30.9 Å². The van der Waals surface area contributed by atoms with Gasteiger partial charge in [0.05, 0.1) is 11.3 Å². The average Bonchev–Trinajstić information content (AvgIpc) is 2.38. The van der Waals surface area contributed by atoms with Crippen molar-refractivity contribution < 1.29 is 4.39 Å². The second kappa shape index (κ2) is 5.11. The van der Waals surface area contributed by atoms with E-state index in [2.05, 4.69) is 0 Å². The van der Waals surface area contributed by atoms with E-state index >= 15 is 0 Å². The minimum Gasteiger partial charge on any atom is -0.397 e. The predicted molar refractivity (Wildman–Crippen MR) is 75.1 cm³/mol. The molecular weight excluding hydrogens is 239 g/mol. The third-order valence-electron chi connectivity index (χ3n) is 3.12. The van der Waals surface area contributed by atoms with E-state index in [1.807, 2.05) is 26.0 Å². The number of nitrogens with two attached hydrogens (primary N) is 1. The Kier molecular flexibility index (Phi) is 3.52. The van der Waals surface area contributed by atoms with E-state index in [0.717, 1.165) is 5.56 Å². The fraction of sp³-hybridized carbons (Fsp3) is 0.188. The van der Waals surface area contributed by atoms with Gasteiger partial charge in [0, 0.05) is 5.56 Å². The first kappa shape index (κ1) is 13.1. The van der Waals surface area contributed by atoms with Crippen molar-refractivity contribution >= 4 is 5.69 Å². The van der Waals surface area contributed by atoms with Gasteiger partial charge in [-0.1, -0.05) is 32.0 Å². The molecule has 2 N–H and O–H groups in total. The molecule has 2 aromatic carbocycles. The minimum absolute atomic E-state index is 0.231. The summed E-state index contributed by atoms with van der Waals surface area (Å²) in [5.41, 5.74) is 9.08. The van der Waals surface area contributed by atoms with Crippen molar-refractivity contribution in [2.45, 2.75) is 19.8 Å². The van der Waals surface area contributed by atoms with Crippen LogP contribution in [0.4, 0.5) is 10.1 Å². The van der Waals surface area contributed by atoms with Crippen LogP contribution in [0, 0.1) is 17.1 Å². The number of nitriles is 1. The van der Waals surface area contributed by atoms with E-state index in [-0.39, 0.29) is 11.7 Å². The molecule has 0 atom stereocenters. The van der Waals surface area contributed by atoms with Gasteiger partial charge in [-0.15, -0.1) is 0 Å². The second-order valence-corrected chi connectivity index (χ2v) is 4.81. The summed E-state index contributed by atoms with van der Waals surface area (Å²) in [5, 5.41) is 8.98. The van der Waals surface area contributed by atoms with Crippen molar-refractivity contribution in [3.05, 3.63) is 53.3 Å². The van der Waals surface area contributed by atoms with Crippen LogP contribution in [0.5, 0.6) is 0 Å². The Hall–Kier alpha value is -2.34. The monoisotopic (exact) mass is 254 g/mol. The van der Waals surface area contributed by atoms with E-state index in [9.17, 15) is 4.39 Å². The number of hydrogen-bond donors (Lipinski definition) is 1. The number of anilines is 1. The Morgan fingerprint density at radius 2 is 1.95 bits per heavy atom. The molecule has 0 aromatic heterocycles. The molecule has 19 heavy (non-hydrogen) atoms. The summed E-state index contributed by atoms with van der Waals surface area (Å²) in [5.74, 6) is -0.0576. The fourth-order valence-corrected chi connectivity index (χ4v) is 2.02. The molecule has 0 aliphatic heterocycles. The Morgan fingerprint density at radius 3 is 2.58 bits per heavy atom. The molecule has 0 aliphatic carbocycles. The summed E-state index contributed by atoms with van der Waals surface area (Å²) < 4.78 is 13.7. The third kappa shape index (κ3) is 2.58. The standard InChI is InChI=1S/C16H15FN2/c1-10(2)12-6-13(8-14(17)7-12)15-5-3-4-11(9-18)16(15)19/h3-8,10H,19H2,1-2H3. The average molecular weight is 254 g/mol. The molecule has 2 rings (SSSR count). The first-order valence-corrected chi connectivity index (χ1v) is 6.12. The van der Waals surface area contributed by atoms with Crippen molar-refractivity contribution in [2.75, 3.05) is 5.73 Å². The maximum atomic E-state index is 13.7. The molecule has 0 unspecified atom stereocenters. The highest BCUT2D eigenvalue weighted by Crippen LogP contribution is 2.31. The van der Waals surface area contributed by atoms with E-state index in [4.69, 9.17) is 11.0 Å². The van der Waals surface area contributed by atoms with Gasteiger partial charge in [0.2, 0.25) is 0 Å². The van der Waals surface area contributed by atoms with Crippen molar-refractivity contribution in [2.24, 2.45) is 0 Å². The number of hydrogen-bond acceptors (Lipinski definition) is 2. The molecule has 0 spiro atoms. The highest BCUT2D eigenvalue weighted by molar-refractivity contribution is 5.80. The fourth-order valence-electron chi connectivity index (χ4n) is 2.02. The second-order valence-electron chi connectivity index (χ2n) is 4.81. The van der Waals surface area contributed by atoms with Crippen LogP contribution in [0.25, 0.3) is 11.1 Å². The van der Waals surface area contributed by atoms with Gasteiger partial charge in [0.1, 0.15) is 11.9 Å². The highest BCUT2D eigenvalue weighted by Gasteiger charge is 2.10. The summed E-state index contributed by atoms with van der Waals surface area (Å²) in [7, 11) is 0. The zero-order valence-electron chi connectivity index (χ0n) is 10.9. The van der Waals surface area contributed by atoms with E-state index in [1.54, 1.807) is 18.2 Å². The van der Waals surface area contributed by atoms with Crippen LogP contribution in [0.15, 0.2) is 36.4 Å². The van der Waals surface area contributed by atoms with Gasteiger partial charge in [0.25, 0.3) is 0 Å². The summed E-state index contributed by atoms with van der Waals surface area (Å²) in [6, 6.07) is 12.1. The topological polar surface area (TPSA) is 49.8 Å². The lowest BCUT2D eigenvalue weighted by molar-refractivity contribution is 0.624. The van der Waals surface area contributed by atoms with Gasteiger partial charge < -0.3 is 5.73 Å². The van der Waals surface area contributed by atoms with Crippen molar-refractivity contribution in [1.82, 2.24) is 0 Å². The molecule has 0 radical (unpaired) electrons. The number of nitrogens with zero attached hydrogens (tertiary/aromatic N) is 1. The van der Waals surface area contributed by atoms with Crippen LogP contribution in [0.2, 0.25) is 0 Å². The van der Waals surface area contributed by atoms with Crippen LogP contribution in [0.3, 0.4) is 0 Å². The molecule has 0 fully saturated rings. The number of rotatable bonds is 2. The summed E-state index contributed by atoms with van der Waals surface area (Å²) in [6.45, 7) is 4.02. The quantitative estimate of drug-likeness (QED) is 0.821. The van der Waals surface area contributed by atoms with Crippen molar-refractivity contribution in [1.29, 1.82) is 5.26 Å². The first-order valence-electron chi connectivity index (χ1n) is 6.12. The van der Waals surface area contributed by atoms with Gasteiger partial charge in [-0.05, 0) is 35.2 Å². The number of halogens is 1. The SMILES string of the molecule is CC(C)c1cc(F)cc(-c2cccc(C#N)c2N)c1. The molecule has 0 bridgehead atoms. The zero-order chi connectivity index (χ0) is 14.0.